The highest BCUT2D eigenvalue weighted by Crippen LogP contribution is 2.15. The van der Waals surface area contributed by atoms with Gasteiger partial charge in [-0.05, 0) is 20.8 Å². The summed E-state index contributed by atoms with van der Waals surface area (Å²) in [5, 5.41) is 2.96. The van der Waals surface area contributed by atoms with Crippen LogP contribution in [-0.2, 0) is 4.79 Å². The second kappa shape index (κ2) is 7.40. The molecule has 122 valence electrons. The minimum atomic E-state index is -0.115. The van der Waals surface area contributed by atoms with Gasteiger partial charge in [0, 0.05) is 44.5 Å². The first kappa shape index (κ1) is 16.5. The number of carbonyl (C=O) groups excluding carboxylic acids is 1. The van der Waals surface area contributed by atoms with Crippen molar-refractivity contribution < 1.29 is 9.53 Å². The number of rotatable bonds is 5. The van der Waals surface area contributed by atoms with Crippen LogP contribution in [0.25, 0.3) is 0 Å². The van der Waals surface area contributed by atoms with Crippen molar-refractivity contribution in [2.45, 2.75) is 32.9 Å². The summed E-state index contributed by atoms with van der Waals surface area (Å²) in [5.41, 5.74) is 0. The fourth-order valence-electron chi connectivity index (χ4n) is 2.48. The molecule has 1 amide bonds. The fraction of sp³-hybridized carbons (Fsp3) is 0.667. The molecule has 1 N–H and O–H groups in total. The third kappa shape index (κ3) is 4.07. The number of piperazine rings is 1. The first-order valence-corrected chi connectivity index (χ1v) is 7.67. The van der Waals surface area contributed by atoms with Crippen molar-refractivity contribution in [2.24, 2.45) is 0 Å². The Hall–Kier alpha value is -1.89. The monoisotopic (exact) mass is 307 g/mol. The molecule has 1 atom stereocenters. The van der Waals surface area contributed by atoms with Crippen molar-refractivity contribution in [3.63, 3.8) is 0 Å². The van der Waals surface area contributed by atoms with Crippen LogP contribution < -0.4 is 15.0 Å². The average Bonchev–Trinajstić information content (AvgIpc) is 2.53. The number of nitrogens with zero attached hydrogens (tertiary/aromatic N) is 4. The lowest BCUT2D eigenvalue weighted by atomic mass is 10.2. The predicted octanol–water partition coefficient (Wildman–Crippen LogP) is 0.520. The van der Waals surface area contributed by atoms with Gasteiger partial charge in [0.1, 0.15) is 0 Å². The summed E-state index contributed by atoms with van der Waals surface area (Å²) in [6.07, 6.45) is 1.70. The van der Waals surface area contributed by atoms with E-state index in [-0.39, 0.29) is 18.0 Å². The lowest BCUT2D eigenvalue weighted by molar-refractivity contribution is -0.126. The SMILES string of the molecule is COc1ccnc(N2CCN(C(C)C(=O)NC(C)C)CC2)n1. The lowest BCUT2D eigenvalue weighted by Gasteiger charge is -2.37. The number of ether oxygens (including phenoxy) is 1. The molecule has 1 unspecified atom stereocenters. The van der Waals surface area contributed by atoms with Crippen LogP contribution in [0.15, 0.2) is 12.3 Å². The van der Waals surface area contributed by atoms with E-state index in [1.165, 1.54) is 0 Å². The minimum absolute atomic E-state index is 0.0843. The third-order valence-electron chi connectivity index (χ3n) is 3.78. The van der Waals surface area contributed by atoms with E-state index in [1.54, 1.807) is 19.4 Å². The summed E-state index contributed by atoms with van der Waals surface area (Å²) in [6, 6.07) is 1.79. The summed E-state index contributed by atoms with van der Waals surface area (Å²) >= 11 is 0. The van der Waals surface area contributed by atoms with Crippen molar-refractivity contribution in [3.8, 4) is 5.88 Å². The number of hydrogen-bond donors (Lipinski definition) is 1. The molecule has 0 spiro atoms. The third-order valence-corrected chi connectivity index (χ3v) is 3.78. The smallest absolute Gasteiger partial charge is 0.237 e. The molecule has 22 heavy (non-hydrogen) atoms. The normalized spacial score (nSPS) is 17.4. The number of carbonyl (C=O) groups is 1. The number of nitrogens with one attached hydrogen (secondary N) is 1. The van der Waals surface area contributed by atoms with Gasteiger partial charge in [0.15, 0.2) is 0 Å². The Morgan fingerprint density at radius 1 is 1.27 bits per heavy atom. The van der Waals surface area contributed by atoms with Crippen LogP contribution >= 0.6 is 0 Å². The number of hydrogen-bond acceptors (Lipinski definition) is 6. The molecule has 1 saturated heterocycles. The molecule has 0 saturated carbocycles. The summed E-state index contributed by atoms with van der Waals surface area (Å²) in [4.78, 5) is 25.0. The molecule has 1 fully saturated rings. The first-order valence-electron chi connectivity index (χ1n) is 7.67. The van der Waals surface area contributed by atoms with E-state index in [4.69, 9.17) is 4.74 Å². The van der Waals surface area contributed by atoms with Crippen LogP contribution in [0.3, 0.4) is 0 Å². The molecule has 2 rings (SSSR count). The minimum Gasteiger partial charge on any atom is -0.481 e. The molecule has 7 heteroatoms. The van der Waals surface area contributed by atoms with Gasteiger partial charge in [-0.1, -0.05) is 0 Å². The van der Waals surface area contributed by atoms with Crippen molar-refractivity contribution in [1.82, 2.24) is 20.2 Å². The van der Waals surface area contributed by atoms with E-state index in [0.717, 1.165) is 26.2 Å². The van der Waals surface area contributed by atoms with E-state index >= 15 is 0 Å². The maximum Gasteiger partial charge on any atom is 0.237 e. The van der Waals surface area contributed by atoms with Gasteiger partial charge < -0.3 is 15.0 Å². The Balaban J connectivity index is 1.91. The number of aromatic nitrogens is 2. The molecule has 0 aromatic carbocycles. The topological polar surface area (TPSA) is 70.6 Å². The van der Waals surface area contributed by atoms with E-state index in [1.807, 2.05) is 20.8 Å². The highest BCUT2D eigenvalue weighted by molar-refractivity contribution is 5.81. The van der Waals surface area contributed by atoms with Gasteiger partial charge in [-0.3, -0.25) is 9.69 Å². The Morgan fingerprint density at radius 3 is 2.55 bits per heavy atom. The highest BCUT2D eigenvalue weighted by Gasteiger charge is 2.26. The van der Waals surface area contributed by atoms with Crippen LogP contribution in [0.4, 0.5) is 5.95 Å². The molecule has 1 aromatic heterocycles. The van der Waals surface area contributed by atoms with Crippen molar-refractivity contribution in [3.05, 3.63) is 12.3 Å². The molecule has 2 heterocycles. The van der Waals surface area contributed by atoms with Crippen LogP contribution in [0.2, 0.25) is 0 Å². The van der Waals surface area contributed by atoms with Crippen LogP contribution in [0.1, 0.15) is 20.8 Å². The summed E-state index contributed by atoms with van der Waals surface area (Å²) in [7, 11) is 1.60. The quantitative estimate of drug-likeness (QED) is 0.855. The van der Waals surface area contributed by atoms with Gasteiger partial charge in [-0.25, -0.2) is 4.98 Å². The molecule has 1 aliphatic heterocycles. The van der Waals surface area contributed by atoms with Crippen LogP contribution in [0, 0.1) is 0 Å². The van der Waals surface area contributed by atoms with Crippen molar-refractivity contribution in [1.29, 1.82) is 0 Å². The van der Waals surface area contributed by atoms with Gasteiger partial charge in [-0.2, -0.15) is 4.98 Å². The van der Waals surface area contributed by atoms with Gasteiger partial charge in [0.05, 0.1) is 13.2 Å². The van der Waals surface area contributed by atoms with Gasteiger partial charge in [0.25, 0.3) is 0 Å². The molecule has 0 aliphatic carbocycles. The first-order chi connectivity index (χ1) is 10.5. The van der Waals surface area contributed by atoms with E-state index in [2.05, 4.69) is 25.1 Å². The Bertz CT molecular complexity index is 500. The second-order valence-electron chi connectivity index (χ2n) is 5.76. The van der Waals surface area contributed by atoms with Gasteiger partial charge in [-0.15, -0.1) is 0 Å². The second-order valence-corrected chi connectivity index (χ2v) is 5.76. The van der Waals surface area contributed by atoms with Crippen LogP contribution in [0.5, 0.6) is 5.88 Å². The maximum absolute atomic E-state index is 12.1. The van der Waals surface area contributed by atoms with Gasteiger partial charge >= 0.3 is 0 Å². The van der Waals surface area contributed by atoms with E-state index in [9.17, 15) is 4.79 Å². The zero-order valence-corrected chi connectivity index (χ0v) is 13.7. The fourth-order valence-corrected chi connectivity index (χ4v) is 2.48. The summed E-state index contributed by atoms with van der Waals surface area (Å²) < 4.78 is 5.13. The Kier molecular flexibility index (Phi) is 5.54. The van der Waals surface area contributed by atoms with Crippen molar-refractivity contribution >= 4 is 11.9 Å². The molecule has 1 aromatic rings. The number of methoxy groups -OCH3 is 1. The largest absolute Gasteiger partial charge is 0.481 e. The molecule has 0 bridgehead atoms. The number of amides is 1. The standard InChI is InChI=1S/C15H25N5O2/c1-11(2)17-14(21)12(3)19-7-9-20(10-8-19)15-16-6-5-13(18-15)22-4/h5-6,11-12H,7-10H2,1-4H3,(H,17,21). The predicted molar refractivity (Wildman–Crippen MR) is 85.1 cm³/mol. The lowest BCUT2D eigenvalue weighted by Crippen LogP contribution is -2.54. The summed E-state index contributed by atoms with van der Waals surface area (Å²) in [6.45, 7) is 9.13. The number of anilines is 1. The molecule has 0 radical (unpaired) electrons. The molecule has 7 nitrogen and oxygen atoms in total. The maximum atomic E-state index is 12.1. The average molecular weight is 307 g/mol. The van der Waals surface area contributed by atoms with Crippen molar-refractivity contribution in [2.75, 3.05) is 38.2 Å². The zero-order valence-electron chi connectivity index (χ0n) is 13.7. The zero-order chi connectivity index (χ0) is 16.1. The van der Waals surface area contributed by atoms with E-state index in [0.29, 0.717) is 11.8 Å². The summed E-state index contributed by atoms with van der Waals surface area (Å²) in [5.74, 6) is 1.33. The van der Waals surface area contributed by atoms with Crippen LogP contribution in [-0.4, -0.2) is 66.1 Å². The molecular formula is C15H25N5O2. The molecule has 1 aliphatic rings. The van der Waals surface area contributed by atoms with Gasteiger partial charge in [0.2, 0.25) is 17.7 Å². The molecular weight excluding hydrogens is 282 g/mol. The Labute approximate surface area is 131 Å². The Morgan fingerprint density at radius 2 is 1.95 bits per heavy atom. The highest BCUT2D eigenvalue weighted by atomic mass is 16.5. The van der Waals surface area contributed by atoms with E-state index < -0.39 is 0 Å².